The Morgan fingerprint density at radius 3 is 2.31 bits per heavy atom. The molecule has 3 amide bonds. The predicted octanol–water partition coefficient (Wildman–Crippen LogP) is 2.09. The van der Waals surface area contributed by atoms with Gasteiger partial charge in [-0.1, -0.05) is 6.92 Å². The Labute approximate surface area is 170 Å². The maximum atomic E-state index is 13.6. The SMILES string of the molecule is CCCN1CC2(CCN(C(=O)N[C@@H](CC(C)(F)F)C(=O)NC3(C#N)CC3)CC2)C1. The summed E-state index contributed by atoms with van der Waals surface area (Å²) >= 11 is 0. The van der Waals surface area contributed by atoms with Gasteiger partial charge in [0, 0.05) is 32.6 Å². The Kier molecular flexibility index (Phi) is 6.04. The van der Waals surface area contributed by atoms with E-state index in [1.165, 1.54) is 0 Å². The molecule has 7 nitrogen and oxygen atoms in total. The molecular formula is C20H31F2N5O2. The van der Waals surface area contributed by atoms with Crippen LogP contribution in [-0.4, -0.2) is 72.0 Å². The molecule has 2 heterocycles. The normalized spacial score (nSPS) is 23.6. The fraction of sp³-hybridized carbons (Fsp3) is 0.850. The fourth-order valence-electron chi connectivity index (χ4n) is 4.40. The van der Waals surface area contributed by atoms with Crippen molar-refractivity contribution in [1.29, 1.82) is 5.26 Å². The summed E-state index contributed by atoms with van der Waals surface area (Å²) in [6.45, 7) is 7.21. The number of hydrogen-bond donors (Lipinski definition) is 2. The van der Waals surface area contributed by atoms with E-state index >= 15 is 0 Å². The van der Waals surface area contributed by atoms with Crippen molar-refractivity contribution < 1.29 is 18.4 Å². The van der Waals surface area contributed by atoms with Crippen LogP contribution in [0.15, 0.2) is 0 Å². The van der Waals surface area contributed by atoms with Crippen LogP contribution in [0.4, 0.5) is 13.6 Å². The Morgan fingerprint density at radius 1 is 1.21 bits per heavy atom. The summed E-state index contributed by atoms with van der Waals surface area (Å²) in [5.74, 6) is -3.83. The van der Waals surface area contributed by atoms with E-state index in [0.29, 0.717) is 25.9 Å². The van der Waals surface area contributed by atoms with Gasteiger partial charge in [0.2, 0.25) is 11.8 Å². The third-order valence-corrected chi connectivity index (χ3v) is 6.27. The molecule has 0 unspecified atom stereocenters. The van der Waals surface area contributed by atoms with E-state index in [2.05, 4.69) is 22.5 Å². The van der Waals surface area contributed by atoms with Crippen LogP contribution in [0.3, 0.4) is 0 Å². The lowest BCUT2D eigenvalue weighted by Gasteiger charge is -2.54. The molecular weight excluding hydrogens is 380 g/mol. The monoisotopic (exact) mass is 411 g/mol. The number of piperidine rings is 1. The molecule has 3 fully saturated rings. The molecule has 3 rings (SSSR count). The summed E-state index contributed by atoms with van der Waals surface area (Å²) in [5, 5.41) is 14.1. The van der Waals surface area contributed by atoms with Crippen LogP contribution in [0.25, 0.3) is 0 Å². The number of urea groups is 1. The van der Waals surface area contributed by atoms with Crippen LogP contribution < -0.4 is 10.6 Å². The van der Waals surface area contributed by atoms with E-state index in [4.69, 9.17) is 5.26 Å². The van der Waals surface area contributed by atoms with Crippen LogP contribution in [0.2, 0.25) is 0 Å². The van der Waals surface area contributed by atoms with Gasteiger partial charge in [0.25, 0.3) is 0 Å². The number of carbonyl (C=O) groups is 2. The quantitative estimate of drug-likeness (QED) is 0.671. The minimum absolute atomic E-state index is 0.268. The van der Waals surface area contributed by atoms with E-state index in [-0.39, 0.29) is 5.41 Å². The number of amides is 3. The van der Waals surface area contributed by atoms with E-state index in [9.17, 15) is 18.4 Å². The zero-order chi connectivity index (χ0) is 21.3. The molecule has 29 heavy (non-hydrogen) atoms. The molecule has 9 heteroatoms. The van der Waals surface area contributed by atoms with Crippen LogP contribution in [0, 0.1) is 16.7 Å². The number of rotatable bonds is 7. The summed E-state index contributed by atoms with van der Waals surface area (Å²) in [7, 11) is 0. The van der Waals surface area contributed by atoms with Crippen molar-refractivity contribution in [2.24, 2.45) is 5.41 Å². The zero-order valence-electron chi connectivity index (χ0n) is 17.3. The molecule has 3 aliphatic rings. The first-order valence-electron chi connectivity index (χ1n) is 10.5. The maximum Gasteiger partial charge on any atom is 0.318 e. The van der Waals surface area contributed by atoms with Crippen molar-refractivity contribution in [3.63, 3.8) is 0 Å². The van der Waals surface area contributed by atoms with Crippen LogP contribution in [0.1, 0.15) is 52.4 Å². The maximum absolute atomic E-state index is 13.6. The van der Waals surface area contributed by atoms with Gasteiger partial charge in [-0.05, 0) is 51.0 Å². The molecule has 1 saturated carbocycles. The van der Waals surface area contributed by atoms with Gasteiger partial charge in [-0.2, -0.15) is 5.26 Å². The summed E-state index contributed by atoms with van der Waals surface area (Å²) in [6.07, 6.45) is 3.11. The second-order valence-corrected chi connectivity index (χ2v) is 9.16. The molecule has 1 atom stereocenters. The highest BCUT2D eigenvalue weighted by Crippen LogP contribution is 2.40. The van der Waals surface area contributed by atoms with Gasteiger partial charge >= 0.3 is 6.03 Å². The van der Waals surface area contributed by atoms with Gasteiger partial charge in [0.1, 0.15) is 11.6 Å². The lowest BCUT2D eigenvalue weighted by molar-refractivity contribution is -0.126. The standard InChI is InChI=1S/C20H31F2N5O2/c1-3-8-26-13-19(14-26)6-9-27(10-7-19)17(29)24-15(11-18(2,21)22)16(28)25-20(12-23)4-5-20/h15H,3-11,13-14H2,1-2H3,(H,24,29)(H,25,28)/t15-/m0/s1. The molecule has 0 aromatic carbocycles. The minimum Gasteiger partial charge on any atom is -0.336 e. The van der Waals surface area contributed by atoms with Crippen molar-refractivity contribution in [2.75, 3.05) is 32.7 Å². The van der Waals surface area contributed by atoms with Gasteiger partial charge in [0.15, 0.2) is 0 Å². The van der Waals surface area contributed by atoms with Gasteiger partial charge in [-0.3, -0.25) is 4.79 Å². The second-order valence-electron chi connectivity index (χ2n) is 9.16. The highest BCUT2D eigenvalue weighted by atomic mass is 19.3. The molecule has 2 aliphatic heterocycles. The third kappa shape index (κ3) is 5.35. The number of halogens is 2. The first-order valence-corrected chi connectivity index (χ1v) is 10.5. The Morgan fingerprint density at radius 2 is 1.83 bits per heavy atom. The number of alkyl halides is 2. The average molecular weight is 411 g/mol. The summed E-state index contributed by atoms with van der Waals surface area (Å²) in [4.78, 5) is 29.2. The summed E-state index contributed by atoms with van der Waals surface area (Å²) < 4.78 is 27.2. The highest BCUT2D eigenvalue weighted by molar-refractivity contribution is 5.88. The molecule has 0 aromatic rings. The molecule has 2 saturated heterocycles. The fourth-order valence-corrected chi connectivity index (χ4v) is 4.40. The van der Waals surface area contributed by atoms with Gasteiger partial charge < -0.3 is 20.4 Å². The number of hydrogen-bond acceptors (Lipinski definition) is 4. The highest BCUT2D eigenvalue weighted by Gasteiger charge is 2.47. The average Bonchev–Trinajstić information content (AvgIpc) is 3.39. The summed E-state index contributed by atoms with van der Waals surface area (Å²) in [6, 6.07) is 0.148. The number of likely N-dealkylation sites (tertiary alicyclic amines) is 2. The Balaban J connectivity index is 1.53. The van der Waals surface area contributed by atoms with Crippen molar-refractivity contribution >= 4 is 11.9 Å². The smallest absolute Gasteiger partial charge is 0.318 e. The van der Waals surface area contributed by atoms with E-state index < -0.39 is 35.9 Å². The molecule has 0 bridgehead atoms. The molecule has 1 spiro atoms. The topological polar surface area (TPSA) is 88.5 Å². The minimum atomic E-state index is -3.11. The lowest BCUT2D eigenvalue weighted by Crippen LogP contribution is -2.62. The van der Waals surface area contributed by atoms with Crippen molar-refractivity contribution in [3.05, 3.63) is 0 Å². The van der Waals surface area contributed by atoms with Gasteiger partial charge in [-0.15, -0.1) is 0 Å². The van der Waals surface area contributed by atoms with Crippen molar-refractivity contribution in [3.8, 4) is 6.07 Å². The molecule has 0 aromatic heterocycles. The van der Waals surface area contributed by atoms with Crippen LogP contribution in [-0.2, 0) is 4.79 Å². The van der Waals surface area contributed by atoms with Crippen molar-refractivity contribution in [1.82, 2.24) is 20.4 Å². The molecule has 1 aliphatic carbocycles. The number of nitrogens with one attached hydrogen (secondary N) is 2. The van der Waals surface area contributed by atoms with Crippen LogP contribution in [0.5, 0.6) is 0 Å². The Hall–Kier alpha value is -1.95. The first kappa shape index (κ1) is 21.8. The van der Waals surface area contributed by atoms with E-state index in [0.717, 1.165) is 45.8 Å². The van der Waals surface area contributed by atoms with Gasteiger partial charge in [-0.25, -0.2) is 13.6 Å². The largest absolute Gasteiger partial charge is 0.336 e. The number of nitrogens with zero attached hydrogens (tertiary/aromatic N) is 3. The number of nitriles is 1. The molecule has 2 N–H and O–H groups in total. The van der Waals surface area contributed by atoms with Gasteiger partial charge in [0.05, 0.1) is 6.07 Å². The zero-order valence-corrected chi connectivity index (χ0v) is 17.3. The first-order chi connectivity index (χ1) is 13.6. The van der Waals surface area contributed by atoms with E-state index in [1.807, 2.05) is 6.07 Å². The summed E-state index contributed by atoms with van der Waals surface area (Å²) in [5.41, 5.74) is -0.695. The van der Waals surface area contributed by atoms with Crippen LogP contribution >= 0.6 is 0 Å². The second kappa shape index (κ2) is 8.05. The molecule has 162 valence electrons. The van der Waals surface area contributed by atoms with Crippen molar-refractivity contribution in [2.45, 2.75) is 69.9 Å². The number of carbonyl (C=O) groups excluding carboxylic acids is 2. The third-order valence-electron chi connectivity index (χ3n) is 6.27. The van der Waals surface area contributed by atoms with E-state index in [1.54, 1.807) is 4.90 Å². The Bertz CT molecular complexity index is 667. The lowest BCUT2D eigenvalue weighted by atomic mass is 9.72. The predicted molar refractivity (Wildman–Crippen MR) is 103 cm³/mol. The molecule has 0 radical (unpaired) electrons.